The molecule has 1 aromatic carbocycles. The van der Waals surface area contributed by atoms with Crippen molar-refractivity contribution in [1.82, 2.24) is 9.80 Å². The SMILES string of the molecule is COC(=O)c1sccc1-c1ccc(CC(=O)CN2CCN(C(=O)c3ccccc3)CC2)o1. The summed E-state index contributed by atoms with van der Waals surface area (Å²) in [5.74, 6) is 0.771. The number of carbonyl (C=O) groups is 3. The summed E-state index contributed by atoms with van der Waals surface area (Å²) in [5.41, 5.74) is 1.35. The lowest BCUT2D eigenvalue weighted by Gasteiger charge is -2.34. The highest BCUT2D eigenvalue weighted by Crippen LogP contribution is 2.30. The highest BCUT2D eigenvalue weighted by molar-refractivity contribution is 7.12. The smallest absolute Gasteiger partial charge is 0.348 e. The van der Waals surface area contributed by atoms with E-state index < -0.39 is 5.97 Å². The number of hydrogen-bond acceptors (Lipinski definition) is 7. The zero-order valence-corrected chi connectivity index (χ0v) is 18.6. The Kier molecular flexibility index (Phi) is 6.82. The lowest BCUT2D eigenvalue weighted by atomic mass is 10.1. The summed E-state index contributed by atoms with van der Waals surface area (Å²) >= 11 is 1.29. The molecule has 0 unspecified atom stereocenters. The van der Waals surface area contributed by atoms with Crippen LogP contribution in [0.15, 0.2) is 58.3 Å². The van der Waals surface area contributed by atoms with Crippen molar-refractivity contribution in [2.24, 2.45) is 0 Å². The monoisotopic (exact) mass is 452 g/mol. The Balaban J connectivity index is 1.29. The maximum atomic E-state index is 12.6. The van der Waals surface area contributed by atoms with Crippen LogP contribution in [0.4, 0.5) is 0 Å². The molecule has 1 fully saturated rings. The molecule has 0 atom stereocenters. The number of hydrogen-bond donors (Lipinski definition) is 0. The third-order valence-corrected chi connectivity index (χ3v) is 6.31. The van der Waals surface area contributed by atoms with Gasteiger partial charge in [0.15, 0.2) is 5.78 Å². The molecule has 8 heteroatoms. The summed E-state index contributed by atoms with van der Waals surface area (Å²) < 4.78 is 10.6. The predicted molar refractivity (Wildman–Crippen MR) is 121 cm³/mol. The highest BCUT2D eigenvalue weighted by Gasteiger charge is 2.24. The van der Waals surface area contributed by atoms with Gasteiger partial charge in [0, 0.05) is 37.3 Å². The molecule has 0 spiro atoms. The van der Waals surface area contributed by atoms with Gasteiger partial charge in [-0.3, -0.25) is 14.5 Å². The van der Waals surface area contributed by atoms with Crippen LogP contribution in [-0.4, -0.2) is 67.3 Å². The lowest BCUT2D eigenvalue weighted by Crippen LogP contribution is -2.50. The second kappa shape index (κ2) is 9.93. The minimum atomic E-state index is -0.408. The minimum Gasteiger partial charge on any atom is -0.465 e. The van der Waals surface area contributed by atoms with Gasteiger partial charge in [0.2, 0.25) is 0 Å². The number of esters is 1. The summed E-state index contributed by atoms with van der Waals surface area (Å²) in [5, 5.41) is 1.80. The first kappa shape index (κ1) is 22.0. The molecule has 2 aromatic heterocycles. The largest absolute Gasteiger partial charge is 0.465 e. The molecule has 32 heavy (non-hydrogen) atoms. The molecule has 0 aliphatic carbocycles. The molecule has 3 heterocycles. The van der Waals surface area contributed by atoms with Crippen LogP contribution in [0.5, 0.6) is 0 Å². The van der Waals surface area contributed by atoms with E-state index in [-0.39, 0.29) is 18.1 Å². The Hall–Kier alpha value is -3.23. The van der Waals surface area contributed by atoms with Crippen molar-refractivity contribution >= 4 is 29.0 Å². The molecule has 4 rings (SSSR count). The van der Waals surface area contributed by atoms with E-state index in [2.05, 4.69) is 4.90 Å². The number of benzene rings is 1. The molecule has 1 saturated heterocycles. The minimum absolute atomic E-state index is 0.0273. The van der Waals surface area contributed by atoms with Crippen LogP contribution in [0.25, 0.3) is 11.3 Å². The molecule has 1 aliphatic rings. The van der Waals surface area contributed by atoms with E-state index >= 15 is 0 Å². The van der Waals surface area contributed by atoms with Gasteiger partial charge >= 0.3 is 5.97 Å². The number of rotatable bonds is 7. The summed E-state index contributed by atoms with van der Waals surface area (Å²) in [7, 11) is 1.34. The van der Waals surface area contributed by atoms with E-state index in [0.29, 0.717) is 60.2 Å². The Morgan fingerprint density at radius 1 is 1.00 bits per heavy atom. The first-order valence-corrected chi connectivity index (χ1v) is 11.3. The summed E-state index contributed by atoms with van der Waals surface area (Å²) in [6.45, 7) is 2.83. The number of piperazine rings is 1. The highest BCUT2D eigenvalue weighted by atomic mass is 32.1. The van der Waals surface area contributed by atoms with E-state index in [1.165, 1.54) is 18.4 Å². The fourth-order valence-electron chi connectivity index (χ4n) is 3.74. The topological polar surface area (TPSA) is 80.1 Å². The summed E-state index contributed by atoms with van der Waals surface area (Å²) in [6, 6.07) is 14.6. The van der Waals surface area contributed by atoms with Crippen LogP contribution >= 0.6 is 11.3 Å². The van der Waals surface area contributed by atoms with Crippen LogP contribution in [0.1, 0.15) is 25.8 Å². The fourth-order valence-corrected chi connectivity index (χ4v) is 4.56. The number of nitrogens with zero attached hydrogens (tertiary/aromatic N) is 2. The number of furan rings is 1. The summed E-state index contributed by atoms with van der Waals surface area (Å²) in [4.78, 5) is 41.4. The van der Waals surface area contributed by atoms with Crippen LogP contribution in [0.2, 0.25) is 0 Å². The maximum absolute atomic E-state index is 12.6. The Morgan fingerprint density at radius 2 is 1.75 bits per heavy atom. The fraction of sp³-hybridized carbons (Fsp3) is 0.292. The lowest BCUT2D eigenvalue weighted by molar-refractivity contribution is -0.120. The quantitative estimate of drug-likeness (QED) is 0.512. The van der Waals surface area contributed by atoms with Crippen molar-refractivity contribution < 1.29 is 23.5 Å². The normalized spacial score (nSPS) is 14.3. The van der Waals surface area contributed by atoms with E-state index in [9.17, 15) is 14.4 Å². The maximum Gasteiger partial charge on any atom is 0.348 e. The number of ether oxygens (including phenoxy) is 1. The number of methoxy groups -OCH3 is 1. The first-order chi connectivity index (χ1) is 15.5. The van der Waals surface area contributed by atoms with Gasteiger partial charge in [-0.2, -0.15) is 0 Å². The zero-order valence-electron chi connectivity index (χ0n) is 17.8. The predicted octanol–water partition coefficient (Wildman–Crippen LogP) is 3.36. The molecular formula is C24H24N2O5S. The van der Waals surface area contributed by atoms with Gasteiger partial charge in [-0.25, -0.2) is 4.79 Å². The van der Waals surface area contributed by atoms with Gasteiger partial charge in [0.25, 0.3) is 5.91 Å². The van der Waals surface area contributed by atoms with Crippen molar-refractivity contribution in [1.29, 1.82) is 0 Å². The second-order valence-electron chi connectivity index (χ2n) is 7.57. The number of amides is 1. The number of ketones is 1. The molecule has 0 saturated carbocycles. The third-order valence-electron chi connectivity index (χ3n) is 5.41. The van der Waals surface area contributed by atoms with Crippen LogP contribution in [0, 0.1) is 0 Å². The van der Waals surface area contributed by atoms with Crippen LogP contribution in [0.3, 0.4) is 0 Å². The second-order valence-corrected chi connectivity index (χ2v) is 8.49. The van der Waals surface area contributed by atoms with Crippen molar-refractivity contribution in [3.05, 3.63) is 70.1 Å². The molecule has 3 aromatic rings. The Labute approximate surface area is 190 Å². The summed E-state index contributed by atoms with van der Waals surface area (Å²) in [6.07, 6.45) is 0.181. The van der Waals surface area contributed by atoms with E-state index in [1.54, 1.807) is 23.6 Å². The standard InChI is InChI=1S/C24H24N2O5S/c1-30-24(29)22-20(9-14-32-22)21-8-7-19(31-21)15-18(27)16-25-10-12-26(13-11-25)23(28)17-5-3-2-4-6-17/h2-9,14H,10-13,15-16H2,1H3. The molecule has 0 N–H and O–H groups in total. The van der Waals surface area contributed by atoms with E-state index in [1.807, 2.05) is 35.2 Å². The van der Waals surface area contributed by atoms with Crippen molar-refractivity contribution in [2.45, 2.75) is 6.42 Å². The van der Waals surface area contributed by atoms with Crippen LogP contribution < -0.4 is 0 Å². The van der Waals surface area contributed by atoms with E-state index in [4.69, 9.17) is 9.15 Å². The Morgan fingerprint density at radius 3 is 2.47 bits per heavy atom. The Bertz CT molecular complexity index is 1100. The molecular weight excluding hydrogens is 428 g/mol. The molecule has 166 valence electrons. The van der Waals surface area contributed by atoms with Gasteiger partial charge < -0.3 is 14.1 Å². The van der Waals surface area contributed by atoms with Gasteiger partial charge in [-0.05, 0) is 35.7 Å². The molecule has 0 bridgehead atoms. The average Bonchev–Trinajstić information content (AvgIpc) is 3.48. The van der Waals surface area contributed by atoms with Gasteiger partial charge in [0.05, 0.1) is 20.1 Å². The van der Waals surface area contributed by atoms with Crippen molar-refractivity contribution in [3.8, 4) is 11.3 Å². The van der Waals surface area contributed by atoms with Gasteiger partial charge in [-0.15, -0.1) is 11.3 Å². The van der Waals surface area contributed by atoms with Crippen molar-refractivity contribution in [3.63, 3.8) is 0 Å². The number of thiophene rings is 1. The number of carbonyl (C=O) groups excluding carboxylic acids is 3. The van der Waals surface area contributed by atoms with Gasteiger partial charge in [0.1, 0.15) is 16.4 Å². The molecule has 7 nitrogen and oxygen atoms in total. The third kappa shape index (κ3) is 4.98. The first-order valence-electron chi connectivity index (χ1n) is 10.4. The average molecular weight is 453 g/mol. The van der Waals surface area contributed by atoms with E-state index in [0.717, 1.165) is 0 Å². The number of Topliss-reactive ketones (excluding diaryl/α,β-unsaturated/α-hetero) is 1. The van der Waals surface area contributed by atoms with Crippen LogP contribution in [-0.2, 0) is 16.0 Å². The zero-order chi connectivity index (χ0) is 22.5. The molecule has 0 radical (unpaired) electrons. The van der Waals surface area contributed by atoms with Crippen molar-refractivity contribution in [2.75, 3.05) is 39.8 Å². The van der Waals surface area contributed by atoms with Gasteiger partial charge in [-0.1, -0.05) is 18.2 Å². The molecule has 1 amide bonds. The molecule has 1 aliphatic heterocycles.